The summed E-state index contributed by atoms with van der Waals surface area (Å²) in [5.41, 5.74) is 1.01. The Bertz CT molecular complexity index is 485. The van der Waals surface area contributed by atoms with Gasteiger partial charge in [0.05, 0.1) is 12.2 Å². The first-order valence-corrected chi connectivity index (χ1v) is 8.09. The summed E-state index contributed by atoms with van der Waals surface area (Å²) >= 11 is 6.93. The number of carboxylic acid groups (broad SMARTS) is 1. The maximum Gasteiger partial charge on any atom is 0.317 e. The third-order valence-corrected chi connectivity index (χ3v) is 4.42. The average Bonchev–Trinajstić information content (AvgIpc) is 2.58. The summed E-state index contributed by atoms with van der Waals surface area (Å²) in [7, 11) is 0. The van der Waals surface area contributed by atoms with E-state index in [0.717, 1.165) is 53.8 Å². The van der Waals surface area contributed by atoms with Gasteiger partial charge in [-0.1, -0.05) is 0 Å². The van der Waals surface area contributed by atoms with Crippen molar-refractivity contribution in [3.8, 4) is 0 Å². The molecule has 1 aliphatic rings. The van der Waals surface area contributed by atoms with Crippen molar-refractivity contribution in [3.05, 3.63) is 26.9 Å². The third kappa shape index (κ3) is 4.80. The Balaban J connectivity index is 1.92. The van der Waals surface area contributed by atoms with E-state index < -0.39 is 5.97 Å². The first-order valence-electron chi connectivity index (χ1n) is 6.51. The molecule has 0 saturated carbocycles. The predicted octanol–water partition coefficient (Wildman–Crippen LogP) is 2.20. The van der Waals surface area contributed by atoms with Crippen LogP contribution in [-0.4, -0.2) is 58.6 Å². The topological polar surface area (TPSA) is 56.7 Å². The second-order valence-corrected chi connectivity index (χ2v) is 6.65. The highest BCUT2D eigenvalue weighted by atomic mass is 79.9. The van der Waals surface area contributed by atoms with E-state index in [1.54, 1.807) is 6.20 Å². The predicted molar refractivity (Wildman–Crippen MR) is 83.6 cm³/mol. The zero-order chi connectivity index (χ0) is 14.5. The van der Waals surface area contributed by atoms with Gasteiger partial charge in [0.2, 0.25) is 0 Å². The van der Waals surface area contributed by atoms with Gasteiger partial charge in [-0.25, -0.2) is 0 Å². The summed E-state index contributed by atoms with van der Waals surface area (Å²) in [6, 6.07) is 2.00. The monoisotopic (exact) mass is 405 g/mol. The van der Waals surface area contributed by atoms with Gasteiger partial charge < -0.3 is 5.11 Å². The van der Waals surface area contributed by atoms with Crippen LogP contribution >= 0.6 is 31.9 Å². The quantitative estimate of drug-likeness (QED) is 0.830. The average molecular weight is 407 g/mol. The summed E-state index contributed by atoms with van der Waals surface area (Å²) in [6.45, 7) is 4.40. The molecular formula is C13H17Br2N3O2. The van der Waals surface area contributed by atoms with E-state index >= 15 is 0 Å². The number of rotatable bonds is 4. The van der Waals surface area contributed by atoms with Crippen LogP contribution in [0.25, 0.3) is 0 Å². The lowest BCUT2D eigenvalue weighted by Gasteiger charge is -2.20. The van der Waals surface area contributed by atoms with E-state index in [2.05, 4.69) is 41.7 Å². The van der Waals surface area contributed by atoms with Crippen molar-refractivity contribution in [2.24, 2.45) is 0 Å². The molecular weight excluding hydrogens is 390 g/mol. The Morgan fingerprint density at radius 2 is 1.95 bits per heavy atom. The normalized spacial score (nSPS) is 17.9. The SMILES string of the molecule is O=C(O)CN1CCCN(Cc2ncc(Br)cc2Br)CC1. The Labute approximate surface area is 135 Å². The van der Waals surface area contributed by atoms with Crippen LogP contribution in [-0.2, 0) is 11.3 Å². The summed E-state index contributed by atoms with van der Waals surface area (Å²) < 4.78 is 1.95. The minimum atomic E-state index is -0.754. The summed E-state index contributed by atoms with van der Waals surface area (Å²) in [4.78, 5) is 19.5. The van der Waals surface area contributed by atoms with Crippen molar-refractivity contribution in [1.29, 1.82) is 0 Å². The molecule has 0 spiro atoms. The Kier molecular flexibility index (Phi) is 5.95. The van der Waals surface area contributed by atoms with Gasteiger partial charge in [0, 0.05) is 41.3 Å². The van der Waals surface area contributed by atoms with Gasteiger partial charge in [-0.2, -0.15) is 0 Å². The Morgan fingerprint density at radius 1 is 1.25 bits per heavy atom. The van der Waals surface area contributed by atoms with Crippen LogP contribution in [0, 0.1) is 0 Å². The number of aromatic nitrogens is 1. The Hall–Kier alpha value is -0.500. The summed E-state index contributed by atoms with van der Waals surface area (Å²) in [6.07, 6.45) is 2.79. The number of halogens is 2. The molecule has 1 N–H and O–H groups in total. The van der Waals surface area contributed by atoms with Crippen LogP contribution in [0.4, 0.5) is 0 Å². The largest absolute Gasteiger partial charge is 0.480 e. The molecule has 0 atom stereocenters. The number of hydrogen-bond donors (Lipinski definition) is 1. The van der Waals surface area contributed by atoms with E-state index in [-0.39, 0.29) is 6.54 Å². The summed E-state index contributed by atoms with van der Waals surface area (Å²) in [5, 5.41) is 8.85. The molecule has 5 nitrogen and oxygen atoms in total. The van der Waals surface area contributed by atoms with Crippen LogP contribution in [0.15, 0.2) is 21.2 Å². The maximum absolute atomic E-state index is 10.8. The van der Waals surface area contributed by atoms with Crippen molar-refractivity contribution in [2.45, 2.75) is 13.0 Å². The molecule has 2 rings (SSSR count). The number of carbonyl (C=O) groups is 1. The molecule has 1 fully saturated rings. The number of aliphatic carboxylic acids is 1. The lowest BCUT2D eigenvalue weighted by Crippen LogP contribution is -2.34. The van der Waals surface area contributed by atoms with E-state index in [1.165, 1.54) is 0 Å². The molecule has 0 radical (unpaired) electrons. The molecule has 110 valence electrons. The van der Waals surface area contributed by atoms with E-state index in [1.807, 2.05) is 11.0 Å². The van der Waals surface area contributed by atoms with Gasteiger partial charge >= 0.3 is 5.97 Å². The van der Waals surface area contributed by atoms with Gasteiger partial charge in [-0.05, 0) is 50.9 Å². The van der Waals surface area contributed by atoms with E-state index in [4.69, 9.17) is 5.11 Å². The van der Waals surface area contributed by atoms with Gasteiger partial charge in [0.25, 0.3) is 0 Å². The zero-order valence-corrected chi connectivity index (χ0v) is 14.2. The molecule has 1 aliphatic heterocycles. The molecule has 0 aromatic carbocycles. The number of hydrogen-bond acceptors (Lipinski definition) is 4. The molecule has 0 aliphatic carbocycles. The fourth-order valence-corrected chi connectivity index (χ4v) is 3.42. The van der Waals surface area contributed by atoms with Crippen LogP contribution in [0.5, 0.6) is 0 Å². The highest BCUT2D eigenvalue weighted by Gasteiger charge is 2.17. The minimum absolute atomic E-state index is 0.133. The molecule has 0 amide bonds. The standard InChI is InChI=1S/C13H17Br2N3O2/c14-10-6-11(15)12(16-7-10)8-17-2-1-3-18(5-4-17)9-13(19)20/h6-7H,1-5,8-9H2,(H,19,20). The molecule has 2 heterocycles. The van der Waals surface area contributed by atoms with Crippen molar-refractivity contribution >= 4 is 37.8 Å². The number of carboxylic acids is 1. The van der Waals surface area contributed by atoms with Crippen LogP contribution < -0.4 is 0 Å². The smallest absolute Gasteiger partial charge is 0.317 e. The van der Waals surface area contributed by atoms with Crippen LogP contribution in [0.2, 0.25) is 0 Å². The molecule has 20 heavy (non-hydrogen) atoms. The fourth-order valence-electron chi connectivity index (χ4n) is 2.30. The first kappa shape index (κ1) is 15.9. The van der Waals surface area contributed by atoms with Crippen molar-refractivity contribution in [2.75, 3.05) is 32.7 Å². The van der Waals surface area contributed by atoms with Gasteiger partial charge in [0.15, 0.2) is 0 Å². The zero-order valence-electron chi connectivity index (χ0n) is 11.1. The van der Waals surface area contributed by atoms with Gasteiger partial charge in [-0.3, -0.25) is 19.6 Å². The molecule has 0 bridgehead atoms. The van der Waals surface area contributed by atoms with E-state index in [0.29, 0.717) is 0 Å². The van der Waals surface area contributed by atoms with Crippen LogP contribution in [0.1, 0.15) is 12.1 Å². The molecule has 1 saturated heterocycles. The van der Waals surface area contributed by atoms with Gasteiger partial charge in [-0.15, -0.1) is 0 Å². The fraction of sp³-hybridized carbons (Fsp3) is 0.538. The minimum Gasteiger partial charge on any atom is -0.480 e. The second kappa shape index (κ2) is 7.49. The van der Waals surface area contributed by atoms with Gasteiger partial charge in [0.1, 0.15) is 0 Å². The Morgan fingerprint density at radius 3 is 2.65 bits per heavy atom. The van der Waals surface area contributed by atoms with Crippen molar-refractivity contribution in [1.82, 2.24) is 14.8 Å². The molecule has 0 unspecified atom stereocenters. The van der Waals surface area contributed by atoms with Crippen LogP contribution in [0.3, 0.4) is 0 Å². The lowest BCUT2D eigenvalue weighted by atomic mass is 10.3. The summed E-state index contributed by atoms with van der Waals surface area (Å²) in [5.74, 6) is -0.754. The van der Waals surface area contributed by atoms with E-state index in [9.17, 15) is 4.79 Å². The molecule has 7 heteroatoms. The number of pyridine rings is 1. The van der Waals surface area contributed by atoms with Crippen molar-refractivity contribution < 1.29 is 9.90 Å². The third-order valence-electron chi connectivity index (χ3n) is 3.30. The number of nitrogens with zero attached hydrogens (tertiary/aromatic N) is 3. The van der Waals surface area contributed by atoms with Crippen molar-refractivity contribution in [3.63, 3.8) is 0 Å². The second-order valence-electron chi connectivity index (χ2n) is 4.88. The molecule has 1 aromatic heterocycles. The first-order chi connectivity index (χ1) is 9.54. The highest BCUT2D eigenvalue weighted by molar-refractivity contribution is 9.11. The molecule has 1 aromatic rings. The lowest BCUT2D eigenvalue weighted by molar-refractivity contribution is -0.138. The maximum atomic E-state index is 10.8. The highest BCUT2D eigenvalue weighted by Crippen LogP contribution is 2.21.